The minimum absolute atomic E-state index is 0.154. The number of anilines is 3. The Balaban J connectivity index is 1.78. The van der Waals surface area contributed by atoms with Crippen LogP contribution in [0, 0.1) is 0 Å². The first kappa shape index (κ1) is 14.7. The second-order valence-electron chi connectivity index (χ2n) is 5.84. The largest absolute Gasteiger partial charge is 0.480 e. The van der Waals surface area contributed by atoms with Gasteiger partial charge in [0.05, 0.1) is 19.6 Å². The standard InChI is InChI=1S/C14H19N9O/c1-22-7-16-10-11(18-9-5-17-21-13(9)24-2)19-14(20-12(10)22)23-4-3-8(15)6-23/h5,7-8H,3-4,6,15H2,1-2H3,(H,17,21)(H,18,19,20). The van der Waals surface area contributed by atoms with Gasteiger partial charge in [-0.25, -0.2) is 10.1 Å². The zero-order chi connectivity index (χ0) is 16.7. The lowest BCUT2D eigenvalue weighted by atomic mass is 10.3. The summed E-state index contributed by atoms with van der Waals surface area (Å²) in [6.07, 6.45) is 4.29. The highest BCUT2D eigenvalue weighted by Crippen LogP contribution is 2.29. The Morgan fingerprint density at radius 2 is 2.29 bits per heavy atom. The van der Waals surface area contributed by atoms with Crippen molar-refractivity contribution in [2.24, 2.45) is 12.8 Å². The molecule has 10 nitrogen and oxygen atoms in total. The molecule has 10 heteroatoms. The summed E-state index contributed by atoms with van der Waals surface area (Å²) in [7, 11) is 3.48. The van der Waals surface area contributed by atoms with Crippen molar-refractivity contribution in [3.63, 3.8) is 0 Å². The summed E-state index contributed by atoms with van der Waals surface area (Å²) in [6.45, 7) is 1.59. The maximum atomic E-state index is 6.01. The maximum Gasteiger partial charge on any atom is 0.233 e. The number of nitrogens with one attached hydrogen (secondary N) is 2. The molecule has 0 spiro atoms. The quantitative estimate of drug-likeness (QED) is 0.627. The van der Waals surface area contributed by atoms with Crippen molar-refractivity contribution in [3.05, 3.63) is 12.5 Å². The van der Waals surface area contributed by atoms with Crippen LogP contribution in [0.4, 0.5) is 17.5 Å². The van der Waals surface area contributed by atoms with Gasteiger partial charge < -0.3 is 25.3 Å². The first-order valence-electron chi connectivity index (χ1n) is 7.69. The highest BCUT2D eigenvalue weighted by Gasteiger charge is 2.24. The lowest BCUT2D eigenvalue weighted by molar-refractivity contribution is 0.399. The van der Waals surface area contributed by atoms with Crippen molar-refractivity contribution in [2.75, 3.05) is 30.4 Å². The molecule has 0 aromatic carbocycles. The molecule has 0 aliphatic carbocycles. The van der Waals surface area contributed by atoms with Crippen LogP contribution in [0.5, 0.6) is 5.88 Å². The number of hydrogen-bond donors (Lipinski definition) is 3. The summed E-state index contributed by atoms with van der Waals surface area (Å²) in [5, 5.41) is 9.98. The van der Waals surface area contributed by atoms with Crippen molar-refractivity contribution in [3.8, 4) is 5.88 Å². The highest BCUT2D eigenvalue weighted by atomic mass is 16.5. The number of nitrogens with zero attached hydrogens (tertiary/aromatic N) is 6. The molecular weight excluding hydrogens is 310 g/mol. The first-order valence-corrected chi connectivity index (χ1v) is 7.69. The predicted molar refractivity (Wildman–Crippen MR) is 89.5 cm³/mol. The second kappa shape index (κ2) is 5.64. The number of aromatic amines is 1. The van der Waals surface area contributed by atoms with Gasteiger partial charge in [0.15, 0.2) is 17.0 Å². The number of ether oxygens (including phenoxy) is 1. The third kappa shape index (κ3) is 2.40. The summed E-state index contributed by atoms with van der Waals surface area (Å²) >= 11 is 0. The number of imidazole rings is 1. The van der Waals surface area contributed by atoms with Crippen molar-refractivity contribution in [1.29, 1.82) is 0 Å². The molecule has 3 aromatic rings. The summed E-state index contributed by atoms with van der Waals surface area (Å²) in [4.78, 5) is 15.8. The lowest BCUT2D eigenvalue weighted by Crippen LogP contribution is -2.27. The topological polar surface area (TPSA) is 123 Å². The molecule has 4 N–H and O–H groups in total. The van der Waals surface area contributed by atoms with Crippen LogP contribution < -0.4 is 20.7 Å². The van der Waals surface area contributed by atoms with Crippen LogP contribution in [0.2, 0.25) is 0 Å². The number of rotatable bonds is 4. The van der Waals surface area contributed by atoms with Crippen LogP contribution in [0.1, 0.15) is 6.42 Å². The zero-order valence-corrected chi connectivity index (χ0v) is 13.5. The summed E-state index contributed by atoms with van der Waals surface area (Å²) in [6, 6.07) is 0.154. The number of hydrogen-bond acceptors (Lipinski definition) is 8. The fraction of sp³-hybridized carbons (Fsp3) is 0.429. The Labute approximate surface area is 138 Å². The van der Waals surface area contributed by atoms with Gasteiger partial charge in [0.1, 0.15) is 5.69 Å². The van der Waals surface area contributed by atoms with E-state index in [2.05, 4.69) is 35.4 Å². The molecule has 1 aliphatic heterocycles. The molecular formula is C14H19N9O. The van der Waals surface area contributed by atoms with Gasteiger partial charge in [0.2, 0.25) is 11.8 Å². The smallest absolute Gasteiger partial charge is 0.233 e. The van der Waals surface area contributed by atoms with Crippen LogP contribution in [0.25, 0.3) is 11.2 Å². The van der Waals surface area contributed by atoms with Gasteiger partial charge in [-0.05, 0) is 6.42 Å². The molecule has 4 rings (SSSR count). The minimum atomic E-state index is 0.154. The van der Waals surface area contributed by atoms with Gasteiger partial charge in [-0.2, -0.15) is 15.1 Å². The Morgan fingerprint density at radius 3 is 3.04 bits per heavy atom. The zero-order valence-electron chi connectivity index (χ0n) is 13.5. The maximum absolute atomic E-state index is 6.01. The summed E-state index contributed by atoms with van der Waals surface area (Å²) < 4.78 is 7.11. The average molecular weight is 329 g/mol. The summed E-state index contributed by atoms with van der Waals surface area (Å²) in [5.41, 5.74) is 8.14. The van der Waals surface area contributed by atoms with E-state index in [0.717, 1.165) is 25.2 Å². The molecule has 24 heavy (non-hydrogen) atoms. The van der Waals surface area contributed by atoms with Gasteiger partial charge in [-0.1, -0.05) is 0 Å². The van der Waals surface area contributed by atoms with Crippen LogP contribution in [-0.4, -0.2) is 56.0 Å². The number of aromatic nitrogens is 6. The van der Waals surface area contributed by atoms with Crippen LogP contribution >= 0.6 is 0 Å². The molecule has 1 fully saturated rings. The minimum Gasteiger partial charge on any atom is -0.480 e. The molecule has 1 aliphatic rings. The van der Waals surface area contributed by atoms with Gasteiger partial charge >= 0.3 is 0 Å². The lowest BCUT2D eigenvalue weighted by Gasteiger charge is -2.17. The molecule has 126 valence electrons. The molecule has 1 unspecified atom stereocenters. The van der Waals surface area contributed by atoms with Crippen LogP contribution in [0.3, 0.4) is 0 Å². The fourth-order valence-corrected chi connectivity index (χ4v) is 2.84. The van der Waals surface area contributed by atoms with Crippen LogP contribution in [-0.2, 0) is 7.05 Å². The third-order valence-corrected chi connectivity index (χ3v) is 4.12. The Hall–Kier alpha value is -2.88. The van der Waals surface area contributed by atoms with Crippen LogP contribution in [0.15, 0.2) is 12.5 Å². The van der Waals surface area contributed by atoms with Crippen molar-refractivity contribution in [2.45, 2.75) is 12.5 Å². The molecule has 1 atom stereocenters. The number of H-pyrrole nitrogens is 1. The van der Waals surface area contributed by atoms with E-state index in [1.165, 1.54) is 0 Å². The Morgan fingerprint density at radius 1 is 1.42 bits per heavy atom. The second-order valence-corrected chi connectivity index (χ2v) is 5.84. The van der Waals surface area contributed by atoms with Crippen molar-refractivity contribution in [1.82, 2.24) is 29.7 Å². The van der Waals surface area contributed by atoms with E-state index < -0.39 is 0 Å². The van der Waals surface area contributed by atoms with Gasteiger partial charge in [-0.15, -0.1) is 0 Å². The van der Waals surface area contributed by atoms with E-state index in [9.17, 15) is 0 Å². The molecule has 0 bridgehead atoms. The molecule has 3 aromatic heterocycles. The molecule has 1 saturated heterocycles. The highest BCUT2D eigenvalue weighted by molar-refractivity contribution is 5.87. The Kier molecular flexibility index (Phi) is 3.45. The number of methoxy groups -OCH3 is 1. The van der Waals surface area contributed by atoms with E-state index in [1.807, 2.05) is 11.6 Å². The molecule has 0 radical (unpaired) electrons. The number of fused-ring (bicyclic) bond motifs is 1. The van der Waals surface area contributed by atoms with Crippen molar-refractivity contribution >= 4 is 28.6 Å². The number of nitrogens with two attached hydrogens (primary N) is 1. The fourth-order valence-electron chi connectivity index (χ4n) is 2.84. The van der Waals surface area contributed by atoms with E-state index >= 15 is 0 Å². The van der Waals surface area contributed by atoms with E-state index in [-0.39, 0.29) is 6.04 Å². The first-order chi connectivity index (χ1) is 11.7. The summed E-state index contributed by atoms with van der Waals surface area (Å²) in [5.74, 6) is 1.78. The van der Waals surface area contributed by atoms with E-state index in [1.54, 1.807) is 19.6 Å². The SMILES string of the molecule is COc1[nH]ncc1Nc1nc(N2CCC(N)C2)nc2c1ncn2C. The Bertz CT molecular complexity index is 870. The monoisotopic (exact) mass is 329 g/mol. The van der Waals surface area contributed by atoms with E-state index in [0.29, 0.717) is 28.9 Å². The van der Waals surface area contributed by atoms with E-state index in [4.69, 9.17) is 10.5 Å². The normalized spacial score (nSPS) is 17.6. The molecule has 0 saturated carbocycles. The van der Waals surface area contributed by atoms with Gasteiger partial charge in [-0.3, -0.25) is 0 Å². The number of aryl methyl sites for hydroxylation is 1. The van der Waals surface area contributed by atoms with Gasteiger partial charge in [0.25, 0.3) is 0 Å². The van der Waals surface area contributed by atoms with Crippen molar-refractivity contribution < 1.29 is 4.74 Å². The molecule has 4 heterocycles. The average Bonchev–Trinajstić information content (AvgIpc) is 3.28. The van der Waals surface area contributed by atoms with Gasteiger partial charge in [0, 0.05) is 26.2 Å². The molecule has 0 amide bonds. The predicted octanol–water partition coefficient (Wildman–Crippen LogP) is 0.376. The third-order valence-electron chi connectivity index (χ3n) is 4.12.